The van der Waals surface area contributed by atoms with Gasteiger partial charge in [-0.1, -0.05) is 54.6 Å². The molecular formula is C34H40N2O6. The number of carbonyl (C=O) groups is 3. The average molecular weight is 573 g/mol. The Hall–Kier alpha value is -3.75. The van der Waals surface area contributed by atoms with Crippen LogP contribution in [0.3, 0.4) is 0 Å². The van der Waals surface area contributed by atoms with Crippen molar-refractivity contribution in [1.29, 1.82) is 0 Å². The van der Waals surface area contributed by atoms with Crippen molar-refractivity contribution >= 4 is 23.5 Å². The fourth-order valence-electron chi connectivity index (χ4n) is 7.29. The summed E-state index contributed by atoms with van der Waals surface area (Å²) >= 11 is 0. The van der Waals surface area contributed by atoms with Crippen molar-refractivity contribution < 1.29 is 29.0 Å². The number of fused-ring (bicyclic) bond motifs is 1. The molecule has 2 amide bonds. The van der Waals surface area contributed by atoms with Crippen molar-refractivity contribution in [2.75, 3.05) is 24.7 Å². The van der Waals surface area contributed by atoms with E-state index in [-0.39, 0.29) is 25.0 Å². The van der Waals surface area contributed by atoms with Crippen LogP contribution in [0, 0.1) is 25.7 Å². The molecule has 1 N–H and O–H groups in total. The van der Waals surface area contributed by atoms with Crippen LogP contribution >= 0.6 is 0 Å². The van der Waals surface area contributed by atoms with Gasteiger partial charge in [0.2, 0.25) is 5.91 Å². The Morgan fingerprint density at radius 2 is 1.90 bits per heavy atom. The SMILES string of the molecule is C=CCCOC(=O)[C@H]1[C@H]2C(=O)N([C@H](CO)c3ccccc3)C(C(=O)N(CC=C)c3cc(C)ccc3C)C23CC[C@]1(C)O3. The Bertz CT molecular complexity index is 1390. The summed E-state index contributed by atoms with van der Waals surface area (Å²) in [5, 5.41) is 10.7. The number of aliphatic hydroxyl groups is 1. The fourth-order valence-corrected chi connectivity index (χ4v) is 7.29. The van der Waals surface area contributed by atoms with E-state index in [1.807, 2.05) is 69.3 Å². The Morgan fingerprint density at radius 1 is 1.17 bits per heavy atom. The lowest BCUT2D eigenvalue weighted by molar-refractivity contribution is -0.160. The molecule has 2 aromatic rings. The molecule has 3 aliphatic heterocycles. The molecule has 2 unspecified atom stereocenters. The molecule has 3 fully saturated rings. The summed E-state index contributed by atoms with van der Waals surface area (Å²) in [4.78, 5) is 46.2. The molecule has 0 aromatic heterocycles. The summed E-state index contributed by atoms with van der Waals surface area (Å²) in [6, 6.07) is 13.2. The maximum atomic E-state index is 14.9. The second-order valence-electron chi connectivity index (χ2n) is 11.9. The molecule has 5 rings (SSSR count). The van der Waals surface area contributed by atoms with Crippen molar-refractivity contribution in [2.24, 2.45) is 11.8 Å². The minimum Gasteiger partial charge on any atom is -0.465 e. The number of likely N-dealkylation sites (tertiary alicyclic amines) is 1. The number of hydrogen-bond donors (Lipinski definition) is 1. The minimum atomic E-state index is -1.26. The van der Waals surface area contributed by atoms with Gasteiger partial charge in [0.25, 0.3) is 5.91 Å². The molecule has 0 saturated carbocycles. The Morgan fingerprint density at radius 3 is 2.57 bits per heavy atom. The van der Waals surface area contributed by atoms with Gasteiger partial charge in [-0.15, -0.1) is 13.2 Å². The second kappa shape index (κ2) is 11.5. The molecule has 3 saturated heterocycles. The molecule has 0 aliphatic carbocycles. The zero-order valence-electron chi connectivity index (χ0n) is 24.6. The van der Waals surface area contributed by atoms with Gasteiger partial charge in [-0.2, -0.15) is 0 Å². The maximum Gasteiger partial charge on any atom is 0.312 e. The summed E-state index contributed by atoms with van der Waals surface area (Å²) in [6.07, 6.45) is 4.73. The number of rotatable bonds is 11. The lowest BCUT2D eigenvalue weighted by Gasteiger charge is -2.40. The third-order valence-electron chi connectivity index (χ3n) is 9.19. The second-order valence-corrected chi connectivity index (χ2v) is 11.9. The summed E-state index contributed by atoms with van der Waals surface area (Å²) in [7, 11) is 0. The van der Waals surface area contributed by atoms with Gasteiger partial charge in [-0.05, 0) is 62.8 Å². The van der Waals surface area contributed by atoms with Crippen LogP contribution in [-0.2, 0) is 23.9 Å². The van der Waals surface area contributed by atoms with E-state index in [0.717, 1.165) is 11.1 Å². The first-order chi connectivity index (χ1) is 20.1. The van der Waals surface area contributed by atoms with E-state index >= 15 is 0 Å². The highest BCUT2D eigenvalue weighted by molar-refractivity contribution is 6.05. The van der Waals surface area contributed by atoms with E-state index < -0.39 is 47.7 Å². The van der Waals surface area contributed by atoms with E-state index in [9.17, 15) is 19.5 Å². The number of hydrogen-bond acceptors (Lipinski definition) is 6. The molecule has 1 spiro atoms. The van der Waals surface area contributed by atoms with Crippen molar-refractivity contribution in [3.8, 4) is 0 Å². The number of anilines is 1. The first kappa shape index (κ1) is 29.7. The first-order valence-electron chi connectivity index (χ1n) is 14.6. The number of benzene rings is 2. The van der Waals surface area contributed by atoms with Crippen LogP contribution in [0.5, 0.6) is 0 Å². The average Bonchev–Trinajstić information content (AvgIpc) is 3.55. The maximum absolute atomic E-state index is 14.9. The van der Waals surface area contributed by atoms with Crippen molar-refractivity contribution in [2.45, 2.75) is 63.3 Å². The predicted octanol–water partition coefficient (Wildman–Crippen LogP) is 4.44. The van der Waals surface area contributed by atoms with Crippen LogP contribution in [0.1, 0.15) is 48.9 Å². The summed E-state index contributed by atoms with van der Waals surface area (Å²) in [6.45, 7) is 13.3. The molecule has 42 heavy (non-hydrogen) atoms. The van der Waals surface area contributed by atoms with Gasteiger partial charge < -0.3 is 24.4 Å². The number of ether oxygens (including phenoxy) is 2. The highest BCUT2D eigenvalue weighted by atomic mass is 16.6. The van der Waals surface area contributed by atoms with E-state index in [2.05, 4.69) is 13.2 Å². The number of nitrogens with zero attached hydrogens (tertiary/aromatic N) is 2. The van der Waals surface area contributed by atoms with Crippen molar-refractivity contribution in [1.82, 2.24) is 4.90 Å². The first-order valence-corrected chi connectivity index (χ1v) is 14.6. The Labute approximate surface area is 247 Å². The largest absolute Gasteiger partial charge is 0.465 e. The van der Waals surface area contributed by atoms with Crippen LogP contribution in [-0.4, -0.2) is 64.8 Å². The summed E-state index contributed by atoms with van der Waals surface area (Å²) in [5.74, 6) is -3.04. The molecule has 3 heterocycles. The van der Waals surface area contributed by atoms with E-state index in [1.165, 1.54) is 4.90 Å². The smallest absolute Gasteiger partial charge is 0.312 e. The molecule has 222 valence electrons. The number of aliphatic hydroxyl groups excluding tert-OH is 1. The zero-order valence-corrected chi connectivity index (χ0v) is 24.6. The molecular weight excluding hydrogens is 532 g/mol. The molecule has 6 atom stereocenters. The Balaban J connectivity index is 1.66. The van der Waals surface area contributed by atoms with Crippen LogP contribution in [0.2, 0.25) is 0 Å². The van der Waals surface area contributed by atoms with Gasteiger partial charge in [-0.25, -0.2) is 0 Å². The monoisotopic (exact) mass is 572 g/mol. The lowest BCUT2D eigenvalue weighted by Crippen LogP contribution is -2.57. The fraction of sp³-hybridized carbons (Fsp3) is 0.441. The zero-order chi connectivity index (χ0) is 30.2. The Kier molecular flexibility index (Phi) is 8.14. The molecule has 0 radical (unpaired) electrons. The van der Waals surface area contributed by atoms with Crippen LogP contribution in [0.15, 0.2) is 73.8 Å². The van der Waals surface area contributed by atoms with Gasteiger partial charge in [0.1, 0.15) is 17.6 Å². The number of esters is 1. The quantitative estimate of drug-likeness (QED) is 0.243. The molecule has 8 nitrogen and oxygen atoms in total. The van der Waals surface area contributed by atoms with Crippen LogP contribution in [0.4, 0.5) is 5.69 Å². The third-order valence-corrected chi connectivity index (χ3v) is 9.19. The normalized spacial score (nSPS) is 28.3. The third kappa shape index (κ3) is 4.67. The predicted molar refractivity (Wildman–Crippen MR) is 160 cm³/mol. The topological polar surface area (TPSA) is 96.4 Å². The molecule has 3 aliphatic rings. The van der Waals surface area contributed by atoms with Crippen LogP contribution in [0.25, 0.3) is 0 Å². The van der Waals surface area contributed by atoms with Gasteiger partial charge in [0.15, 0.2) is 0 Å². The molecule has 8 heteroatoms. The van der Waals surface area contributed by atoms with Gasteiger partial charge in [0.05, 0.1) is 30.8 Å². The lowest BCUT2D eigenvalue weighted by atomic mass is 9.66. The van der Waals surface area contributed by atoms with Crippen molar-refractivity contribution in [3.63, 3.8) is 0 Å². The van der Waals surface area contributed by atoms with Gasteiger partial charge >= 0.3 is 5.97 Å². The summed E-state index contributed by atoms with van der Waals surface area (Å²) < 4.78 is 12.4. The molecule has 2 aromatic carbocycles. The van der Waals surface area contributed by atoms with E-state index in [4.69, 9.17) is 9.47 Å². The van der Waals surface area contributed by atoms with Crippen LogP contribution < -0.4 is 4.90 Å². The highest BCUT2D eigenvalue weighted by Gasteiger charge is 2.79. The molecule has 2 bridgehead atoms. The summed E-state index contributed by atoms with van der Waals surface area (Å²) in [5.41, 5.74) is 1.07. The number of amides is 2. The van der Waals surface area contributed by atoms with Crippen molar-refractivity contribution in [3.05, 3.63) is 90.5 Å². The van der Waals surface area contributed by atoms with Gasteiger partial charge in [0, 0.05) is 12.2 Å². The number of carbonyl (C=O) groups excluding carboxylic acids is 3. The number of aryl methyl sites for hydroxylation is 2. The van der Waals surface area contributed by atoms with E-state index in [0.29, 0.717) is 30.5 Å². The minimum absolute atomic E-state index is 0.151. The standard InChI is InChI=1S/C34H40N2O6/c1-6-8-19-41-32(40)28-27-30(38)36(26(21-37)24-12-10-9-11-13-24)29(34(27)17-16-33(28,5)42-34)31(39)35(18-7-2)25-20-22(3)14-15-23(25)4/h6-7,9-15,20,26-29,37H,1-2,8,16-19,21H2,3-5H3/t26-,27+,28-,29?,33+,34?/m1/s1. The highest BCUT2D eigenvalue weighted by Crippen LogP contribution is 2.64. The van der Waals surface area contributed by atoms with E-state index in [1.54, 1.807) is 17.1 Å². The van der Waals surface area contributed by atoms with Gasteiger partial charge in [-0.3, -0.25) is 14.4 Å².